The van der Waals surface area contributed by atoms with E-state index in [4.69, 9.17) is 15.6 Å². The van der Waals surface area contributed by atoms with E-state index in [0.717, 1.165) is 28.3 Å². The minimum Gasteiger partial charge on any atom is -0.490 e. The van der Waals surface area contributed by atoms with Crippen molar-refractivity contribution in [2.45, 2.75) is 39.7 Å². The van der Waals surface area contributed by atoms with E-state index in [0.29, 0.717) is 24.1 Å². The number of aromatic nitrogens is 2. The van der Waals surface area contributed by atoms with Crippen molar-refractivity contribution in [3.05, 3.63) is 36.2 Å². The second-order valence-corrected chi connectivity index (χ2v) is 7.57. The number of pyridine rings is 2. The summed E-state index contributed by atoms with van der Waals surface area (Å²) in [7, 11) is 1.45. The summed E-state index contributed by atoms with van der Waals surface area (Å²) in [6, 6.07) is 7.19. The molecule has 0 saturated heterocycles. The van der Waals surface area contributed by atoms with E-state index in [9.17, 15) is 4.79 Å². The summed E-state index contributed by atoms with van der Waals surface area (Å²) in [5.41, 5.74) is 8.15. The Hall–Kier alpha value is -2.67. The molecule has 0 spiro atoms. The van der Waals surface area contributed by atoms with Crippen molar-refractivity contribution in [2.24, 2.45) is 11.7 Å². The van der Waals surface area contributed by atoms with Crippen LogP contribution in [0.25, 0.3) is 11.3 Å². The van der Waals surface area contributed by atoms with E-state index in [1.165, 1.54) is 7.05 Å². The molecule has 1 atom stereocenters. The van der Waals surface area contributed by atoms with Gasteiger partial charge in [0.2, 0.25) is 0 Å². The number of carboxylic acid groups (broad SMARTS) is 1. The minimum absolute atomic E-state index is 0.340. The second-order valence-electron chi connectivity index (χ2n) is 7.57. The Morgan fingerprint density at radius 3 is 2.67 bits per heavy atom. The molecular weight excluding hydrogens is 344 g/mol. The third-order valence-corrected chi connectivity index (χ3v) is 4.14. The molecule has 0 aliphatic carbocycles. The highest BCUT2D eigenvalue weighted by atomic mass is 16.5. The number of hydrogen-bond donors (Lipinski definition) is 2. The summed E-state index contributed by atoms with van der Waals surface area (Å²) in [4.78, 5) is 20.8. The van der Waals surface area contributed by atoms with Crippen molar-refractivity contribution in [1.82, 2.24) is 9.97 Å². The van der Waals surface area contributed by atoms with E-state index < -0.39 is 11.6 Å². The molecule has 146 valence electrons. The Kier molecular flexibility index (Phi) is 6.38. The fourth-order valence-corrected chi connectivity index (χ4v) is 2.95. The largest absolute Gasteiger partial charge is 0.490 e. The van der Waals surface area contributed by atoms with E-state index in [-0.39, 0.29) is 0 Å². The number of nitrogens with two attached hydrogens (primary N) is 1. The Morgan fingerprint density at radius 1 is 1.37 bits per heavy atom. The smallest absolute Gasteiger partial charge is 0.412 e. The van der Waals surface area contributed by atoms with Crippen LogP contribution in [-0.4, -0.2) is 40.4 Å². The molecular formula is C20H28N4O3. The first-order chi connectivity index (χ1) is 12.6. The first-order valence-corrected chi connectivity index (χ1v) is 8.91. The topological polar surface area (TPSA) is 102 Å². The molecule has 0 radical (unpaired) electrons. The number of rotatable bonds is 7. The van der Waals surface area contributed by atoms with Gasteiger partial charge < -0.3 is 15.6 Å². The maximum atomic E-state index is 11.1. The first kappa shape index (κ1) is 20.6. The normalized spacial score (nSPS) is 13.3. The Bertz CT molecular complexity index is 806. The summed E-state index contributed by atoms with van der Waals surface area (Å²) in [5.74, 6) is 1.53. The SMILES string of the molecule is Cc1nc(-c2ccnc(N(C)C(=O)O)c2)ccc1OC[C@@](C)(N)CC(C)C. The Morgan fingerprint density at radius 2 is 2.07 bits per heavy atom. The van der Waals surface area contributed by atoms with Gasteiger partial charge in [0.1, 0.15) is 18.2 Å². The van der Waals surface area contributed by atoms with E-state index in [1.54, 1.807) is 18.3 Å². The second kappa shape index (κ2) is 8.35. The zero-order chi connectivity index (χ0) is 20.2. The standard InChI is InChI=1S/C20H28N4O3/c1-13(2)11-20(4,21)12-27-17-7-6-16(23-14(17)3)15-8-9-22-18(10-15)24(5)19(25)26/h6-10,13H,11-12,21H2,1-5H3,(H,25,26)/t20-/m0/s1. The van der Waals surface area contributed by atoms with Gasteiger partial charge in [-0.05, 0) is 50.5 Å². The lowest BCUT2D eigenvalue weighted by molar-refractivity contribution is 0.203. The third kappa shape index (κ3) is 5.65. The summed E-state index contributed by atoms with van der Waals surface area (Å²) >= 11 is 0. The summed E-state index contributed by atoms with van der Waals surface area (Å²) in [5, 5.41) is 9.10. The molecule has 3 N–H and O–H groups in total. The van der Waals surface area contributed by atoms with Crippen molar-refractivity contribution < 1.29 is 14.6 Å². The molecule has 2 rings (SSSR count). The molecule has 0 aliphatic heterocycles. The van der Waals surface area contributed by atoms with Crippen LogP contribution in [0, 0.1) is 12.8 Å². The van der Waals surface area contributed by atoms with Gasteiger partial charge in [0.05, 0.1) is 11.4 Å². The van der Waals surface area contributed by atoms with Crippen LogP contribution < -0.4 is 15.4 Å². The average Bonchev–Trinajstić information content (AvgIpc) is 2.59. The maximum Gasteiger partial charge on any atom is 0.412 e. The van der Waals surface area contributed by atoms with Crippen molar-refractivity contribution >= 4 is 11.9 Å². The first-order valence-electron chi connectivity index (χ1n) is 8.91. The number of nitrogens with zero attached hydrogens (tertiary/aromatic N) is 3. The monoisotopic (exact) mass is 372 g/mol. The van der Waals surface area contributed by atoms with E-state index >= 15 is 0 Å². The highest BCUT2D eigenvalue weighted by Crippen LogP contribution is 2.26. The maximum absolute atomic E-state index is 11.1. The molecule has 0 unspecified atom stereocenters. The number of aryl methyl sites for hydroxylation is 1. The highest BCUT2D eigenvalue weighted by molar-refractivity contribution is 5.84. The van der Waals surface area contributed by atoms with E-state index in [2.05, 4.69) is 23.8 Å². The van der Waals surface area contributed by atoms with Crippen LogP contribution in [0.1, 0.15) is 32.9 Å². The fraction of sp³-hybridized carbons (Fsp3) is 0.450. The van der Waals surface area contributed by atoms with Crippen LogP contribution in [0.5, 0.6) is 5.75 Å². The molecule has 27 heavy (non-hydrogen) atoms. The number of anilines is 1. The number of hydrogen-bond acceptors (Lipinski definition) is 5. The quantitative estimate of drug-likeness (QED) is 0.768. The molecule has 0 bridgehead atoms. The van der Waals surface area contributed by atoms with Gasteiger partial charge in [-0.1, -0.05) is 13.8 Å². The third-order valence-electron chi connectivity index (χ3n) is 4.14. The van der Waals surface area contributed by atoms with Gasteiger partial charge in [0.15, 0.2) is 0 Å². The van der Waals surface area contributed by atoms with Crippen LogP contribution in [-0.2, 0) is 0 Å². The molecule has 1 amide bonds. The zero-order valence-electron chi connectivity index (χ0n) is 16.6. The summed E-state index contributed by atoms with van der Waals surface area (Å²) in [6.45, 7) is 8.55. The lowest BCUT2D eigenvalue weighted by Gasteiger charge is -2.27. The lowest BCUT2D eigenvalue weighted by atomic mass is 9.93. The summed E-state index contributed by atoms with van der Waals surface area (Å²) in [6.07, 6.45) is 1.37. The van der Waals surface area contributed by atoms with Crippen LogP contribution >= 0.6 is 0 Å². The van der Waals surface area contributed by atoms with Crippen molar-refractivity contribution in [1.29, 1.82) is 0 Å². The predicted molar refractivity (Wildman–Crippen MR) is 106 cm³/mol. The Balaban J connectivity index is 2.17. The Labute approximate surface area is 160 Å². The minimum atomic E-state index is -1.07. The van der Waals surface area contributed by atoms with Crippen molar-refractivity contribution in [2.75, 3.05) is 18.6 Å². The fourth-order valence-electron chi connectivity index (χ4n) is 2.95. The van der Waals surface area contributed by atoms with Crippen LogP contribution in [0.15, 0.2) is 30.5 Å². The summed E-state index contributed by atoms with van der Waals surface area (Å²) < 4.78 is 5.90. The molecule has 0 fully saturated rings. The zero-order valence-corrected chi connectivity index (χ0v) is 16.6. The molecule has 2 aromatic rings. The molecule has 2 aromatic heterocycles. The van der Waals surface area contributed by atoms with Gasteiger partial charge in [0.25, 0.3) is 0 Å². The van der Waals surface area contributed by atoms with Gasteiger partial charge in [-0.3, -0.25) is 4.90 Å². The van der Waals surface area contributed by atoms with Crippen molar-refractivity contribution in [3.63, 3.8) is 0 Å². The van der Waals surface area contributed by atoms with E-state index in [1.807, 2.05) is 26.0 Å². The number of ether oxygens (including phenoxy) is 1. The molecule has 7 heteroatoms. The van der Waals surface area contributed by atoms with Gasteiger partial charge in [-0.15, -0.1) is 0 Å². The van der Waals surface area contributed by atoms with Crippen LogP contribution in [0.4, 0.5) is 10.6 Å². The van der Waals surface area contributed by atoms with Gasteiger partial charge in [0, 0.05) is 24.3 Å². The predicted octanol–water partition coefficient (Wildman–Crippen LogP) is 3.71. The average molecular weight is 372 g/mol. The molecule has 0 aliphatic rings. The molecule has 2 heterocycles. The number of carbonyl (C=O) groups is 1. The number of amides is 1. The van der Waals surface area contributed by atoms with Gasteiger partial charge in [-0.2, -0.15) is 0 Å². The lowest BCUT2D eigenvalue weighted by Crippen LogP contribution is -2.43. The molecule has 0 saturated carbocycles. The van der Waals surface area contributed by atoms with Gasteiger partial charge >= 0.3 is 6.09 Å². The van der Waals surface area contributed by atoms with Crippen LogP contribution in [0.2, 0.25) is 0 Å². The molecule has 0 aromatic carbocycles. The van der Waals surface area contributed by atoms with Gasteiger partial charge in [-0.25, -0.2) is 14.8 Å². The van der Waals surface area contributed by atoms with Crippen molar-refractivity contribution in [3.8, 4) is 17.0 Å². The molecule has 7 nitrogen and oxygen atoms in total. The highest BCUT2D eigenvalue weighted by Gasteiger charge is 2.21. The van der Waals surface area contributed by atoms with Crippen LogP contribution in [0.3, 0.4) is 0 Å².